The summed E-state index contributed by atoms with van der Waals surface area (Å²) in [5.74, 6) is -0.285. The number of ether oxygens (including phenoxy) is 1. The van der Waals surface area contributed by atoms with Crippen LogP contribution in [0.5, 0.6) is 0 Å². The van der Waals surface area contributed by atoms with Gasteiger partial charge in [-0.1, -0.05) is 0 Å². The van der Waals surface area contributed by atoms with Crippen LogP contribution in [0.25, 0.3) is 11.4 Å². The first-order valence-corrected chi connectivity index (χ1v) is 5.38. The van der Waals surface area contributed by atoms with E-state index in [0.29, 0.717) is 6.61 Å². The predicted octanol–water partition coefficient (Wildman–Crippen LogP) is 0.847. The van der Waals surface area contributed by atoms with Gasteiger partial charge in [-0.3, -0.25) is 14.2 Å². The van der Waals surface area contributed by atoms with E-state index in [1.165, 1.54) is 0 Å². The van der Waals surface area contributed by atoms with Gasteiger partial charge in [-0.15, -0.1) is 0 Å². The molecule has 0 atom stereocenters. The van der Waals surface area contributed by atoms with Gasteiger partial charge in [0, 0.05) is 19.4 Å². The Hall–Kier alpha value is -2.11. The Bertz CT molecular complexity index is 515. The van der Waals surface area contributed by atoms with Crippen molar-refractivity contribution in [1.29, 1.82) is 0 Å². The van der Waals surface area contributed by atoms with Crippen molar-refractivity contribution in [3.8, 4) is 11.4 Å². The molecular formula is C11H14N4O2. The van der Waals surface area contributed by atoms with Crippen molar-refractivity contribution in [1.82, 2.24) is 19.6 Å². The molecule has 0 aliphatic carbocycles. The first-order valence-electron chi connectivity index (χ1n) is 5.38. The fourth-order valence-electron chi connectivity index (χ4n) is 1.55. The summed E-state index contributed by atoms with van der Waals surface area (Å²) in [4.78, 5) is 11.3. The highest BCUT2D eigenvalue weighted by Crippen LogP contribution is 2.14. The zero-order valence-corrected chi connectivity index (χ0v) is 9.83. The van der Waals surface area contributed by atoms with Crippen LogP contribution in [0.2, 0.25) is 0 Å². The third-order valence-electron chi connectivity index (χ3n) is 2.32. The molecule has 0 unspecified atom stereocenters. The molecule has 2 rings (SSSR count). The molecule has 0 fully saturated rings. The van der Waals surface area contributed by atoms with E-state index in [1.807, 2.05) is 19.2 Å². The number of carbonyl (C=O) groups is 1. The molecule has 6 nitrogen and oxygen atoms in total. The zero-order chi connectivity index (χ0) is 12.3. The first-order chi connectivity index (χ1) is 8.20. The van der Waals surface area contributed by atoms with E-state index in [-0.39, 0.29) is 12.5 Å². The number of esters is 1. The maximum atomic E-state index is 11.3. The number of hydrogen-bond acceptors (Lipinski definition) is 4. The minimum Gasteiger partial charge on any atom is -0.465 e. The van der Waals surface area contributed by atoms with E-state index in [4.69, 9.17) is 4.74 Å². The summed E-state index contributed by atoms with van der Waals surface area (Å²) in [6, 6.07) is 3.72. The average Bonchev–Trinajstić information content (AvgIpc) is 2.87. The quantitative estimate of drug-likeness (QED) is 0.736. The summed E-state index contributed by atoms with van der Waals surface area (Å²) in [6.07, 6.45) is 3.46. The van der Waals surface area contributed by atoms with Gasteiger partial charge >= 0.3 is 5.97 Å². The maximum absolute atomic E-state index is 11.3. The largest absolute Gasteiger partial charge is 0.465 e. The van der Waals surface area contributed by atoms with Crippen molar-refractivity contribution in [2.45, 2.75) is 13.5 Å². The van der Waals surface area contributed by atoms with Gasteiger partial charge in [0.25, 0.3) is 0 Å². The number of hydrogen-bond donors (Lipinski definition) is 0. The van der Waals surface area contributed by atoms with Crippen molar-refractivity contribution in [3.05, 3.63) is 24.5 Å². The van der Waals surface area contributed by atoms with Crippen LogP contribution in [-0.4, -0.2) is 32.1 Å². The number of nitrogens with zero attached hydrogens (tertiary/aromatic N) is 4. The van der Waals surface area contributed by atoms with Crippen molar-refractivity contribution in [2.75, 3.05) is 6.61 Å². The molecule has 2 aromatic rings. The van der Waals surface area contributed by atoms with Crippen molar-refractivity contribution >= 4 is 5.97 Å². The smallest absolute Gasteiger partial charge is 0.327 e. The van der Waals surface area contributed by atoms with Gasteiger partial charge in [-0.25, -0.2) is 0 Å². The van der Waals surface area contributed by atoms with E-state index in [2.05, 4.69) is 10.2 Å². The highest BCUT2D eigenvalue weighted by atomic mass is 16.5. The van der Waals surface area contributed by atoms with Gasteiger partial charge in [-0.2, -0.15) is 10.2 Å². The first kappa shape index (κ1) is 11.4. The second-order valence-corrected chi connectivity index (χ2v) is 3.54. The molecule has 0 aliphatic heterocycles. The third-order valence-corrected chi connectivity index (χ3v) is 2.32. The normalized spacial score (nSPS) is 10.5. The summed E-state index contributed by atoms with van der Waals surface area (Å²) in [7, 11) is 1.85. The molecule has 2 heterocycles. The molecular weight excluding hydrogens is 220 g/mol. The number of rotatable bonds is 4. The van der Waals surface area contributed by atoms with Crippen LogP contribution in [0, 0.1) is 0 Å². The zero-order valence-electron chi connectivity index (χ0n) is 9.83. The highest BCUT2D eigenvalue weighted by molar-refractivity contribution is 5.69. The number of aromatic nitrogens is 4. The Labute approximate surface area is 98.8 Å². The van der Waals surface area contributed by atoms with Crippen molar-refractivity contribution in [3.63, 3.8) is 0 Å². The molecule has 0 N–H and O–H groups in total. The van der Waals surface area contributed by atoms with Crippen LogP contribution in [0.1, 0.15) is 6.92 Å². The fraction of sp³-hybridized carbons (Fsp3) is 0.364. The molecule has 6 heteroatoms. The van der Waals surface area contributed by atoms with Gasteiger partial charge in [0.05, 0.1) is 12.3 Å². The average molecular weight is 234 g/mol. The minimum absolute atomic E-state index is 0.131. The Balaban J connectivity index is 2.11. The molecule has 2 aromatic heterocycles. The van der Waals surface area contributed by atoms with Gasteiger partial charge in [0.15, 0.2) is 0 Å². The molecule has 0 bridgehead atoms. The summed E-state index contributed by atoms with van der Waals surface area (Å²) >= 11 is 0. The lowest BCUT2D eigenvalue weighted by molar-refractivity contribution is -0.144. The van der Waals surface area contributed by atoms with Gasteiger partial charge in [-0.05, 0) is 19.1 Å². The van der Waals surface area contributed by atoms with E-state index in [9.17, 15) is 4.79 Å². The second-order valence-electron chi connectivity index (χ2n) is 3.54. The maximum Gasteiger partial charge on any atom is 0.327 e. The SMILES string of the molecule is CCOC(=O)Cn1ccc(-c2ccnn2C)n1. The molecule has 90 valence electrons. The van der Waals surface area contributed by atoms with E-state index >= 15 is 0 Å². The van der Waals surface area contributed by atoms with Crippen molar-refractivity contribution < 1.29 is 9.53 Å². The second kappa shape index (κ2) is 4.82. The van der Waals surface area contributed by atoms with Crippen LogP contribution >= 0.6 is 0 Å². The molecule has 0 saturated carbocycles. The van der Waals surface area contributed by atoms with Crippen LogP contribution in [0.4, 0.5) is 0 Å². The molecule has 0 spiro atoms. The summed E-state index contributed by atoms with van der Waals surface area (Å²) in [5.41, 5.74) is 1.70. The molecule has 0 radical (unpaired) electrons. The standard InChI is InChI=1S/C11H14N4O2/c1-3-17-11(16)8-15-7-5-9(13-15)10-4-6-12-14(10)2/h4-7H,3,8H2,1-2H3. The van der Waals surface area contributed by atoms with E-state index in [0.717, 1.165) is 11.4 Å². The lowest BCUT2D eigenvalue weighted by atomic mass is 10.3. The molecule has 0 aliphatic rings. The van der Waals surface area contributed by atoms with E-state index in [1.54, 1.807) is 28.7 Å². The van der Waals surface area contributed by atoms with Gasteiger partial charge in [0.1, 0.15) is 12.2 Å². The third kappa shape index (κ3) is 2.52. The molecule has 0 aromatic carbocycles. The highest BCUT2D eigenvalue weighted by Gasteiger charge is 2.08. The van der Waals surface area contributed by atoms with Crippen LogP contribution in [0.3, 0.4) is 0 Å². The summed E-state index contributed by atoms with van der Waals surface area (Å²) in [6.45, 7) is 2.29. The predicted molar refractivity (Wildman–Crippen MR) is 61.1 cm³/mol. The molecule has 0 saturated heterocycles. The van der Waals surface area contributed by atoms with Crippen molar-refractivity contribution in [2.24, 2.45) is 7.05 Å². The minimum atomic E-state index is -0.285. The lowest BCUT2D eigenvalue weighted by Crippen LogP contribution is -2.13. The van der Waals surface area contributed by atoms with E-state index < -0.39 is 0 Å². The Morgan fingerprint density at radius 2 is 2.29 bits per heavy atom. The topological polar surface area (TPSA) is 61.9 Å². The van der Waals surface area contributed by atoms with Crippen LogP contribution in [-0.2, 0) is 23.1 Å². The Kier molecular flexibility index (Phi) is 3.22. The molecule has 17 heavy (non-hydrogen) atoms. The Morgan fingerprint density at radius 1 is 1.47 bits per heavy atom. The van der Waals surface area contributed by atoms with Crippen LogP contribution in [0.15, 0.2) is 24.5 Å². The fourth-order valence-corrected chi connectivity index (χ4v) is 1.55. The Morgan fingerprint density at radius 3 is 2.94 bits per heavy atom. The number of aryl methyl sites for hydroxylation is 1. The van der Waals surface area contributed by atoms with Crippen LogP contribution < -0.4 is 0 Å². The summed E-state index contributed by atoms with van der Waals surface area (Å²) in [5, 5.41) is 8.36. The monoisotopic (exact) mass is 234 g/mol. The van der Waals surface area contributed by atoms with Gasteiger partial charge < -0.3 is 4.74 Å². The lowest BCUT2D eigenvalue weighted by Gasteiger charge is -2.01. The number of carbonyl (C=O) groups excluding carboxylic acids is 1. The molecule has 0 amide bonds. The van der Waals surface area contributed by atoms with Gasteiger partial charge in [0.2, 0.25) is 0 Å². The summed E-state index contributed by atoms with van der Waals surface area (Å²) < 4.78 is 8.14.